The molecule has 26 heavy (non-hydrogen) atoms. The van der Waals surface area contributed by atoms with E-state index in [2.05, 4.69) is 15.3 Å². The third-order valence-corrected chi connectivity index (χ3v) is 4.07. The van der Waals surface area contributed by atoms with Crippen LogP contribution in [0.4, 0.5) is 0 Å². The van der Waals surface area contributed by atoms with E-state index in [9.17, 15) is 4.79 Å². The molecule has 3 aromatic rings. The number of benzene rings is 2. The van der Waals surface area contributed by atoms with E-state index in [-0.39, 0.29) is 5.91 Å². The van der Waals surface area contributed by atoms with E-state index in [1.54, 1.807) is 19.5 Å². The van der Waals surface area contributed by atoms with E-state index in [0.717, 1.165) is 22.4 Å². The molecular formula is C22H21N3O. The lowest BCUT2D eigenvalue weighted by atomic mass is 9.95. The number of carbonyl (C=O) groups is 1. The topological polar surface area (TPSA) is 54.4 Å². The summed E-state index contributed by atoms with van der Waals surface area (Å²) >= 11 is 0. The molecule has 0 atom stereocenters. The van der Waals surface area contributed by atoms with Crippen LogP contribution in [0.1, 0.15) is 21.6 Å². The highest BCUT2D eigenvalue weighted by molar-refractivity contribution is 6.07. The van der Waals surface area contributed by atoms with Crippen molar-refractivity contribution >= 4 is 12.1 Å². The Bertz CT molecular complexity index is 890. The van der Waals surface area contributed by atoms with Crippen molar-refractivity contribution in [3.63, 3.8) is 0 Å². The third-order valence-electron chi connectivity index (χ3n) is 4.07. The number of aliphatic imine (C=N–C) groups is 1. The molecule has 0 aliphatic heterocycles. The first-order valence-electron chi connectivity index (χ1n) is 8.58. The average molecular weight is 343 g/mol. The van der Waals surface area contributed by atoms with Crippen LogP contribution in [0.2, 0.25) is 0 Å². The van der Waals surface area contributed by atoms with Crippen LogP contribution in [-0.2, 0) is 6.42 Å². The first kappa shape index (κ1) is 17.5. The number of carbonyl (C=O) groups excluding carboxylic acids is 1. The highest BCUT2D eigenvalue weighted by Crippen LogP contribution is 2.25. The zero-order chi connectivity index (χ0) is 18.2. The Hall–Kier alpha value is -3.27. The summed E-state index contributed by atoms with van der Waals surface area (Å²) in [6.07, 6.45) is 4.18. The average Bonchev–Trinajstić information content (AvgIpc) is 2.69. The number of pyridine rings is 1. The van der Waals surface area contributed by atoms with Crippen LogP contribution in [0, 0.1) is 0 Å². The second kappa shape index (κ2) is 8.72. The Balaban J connectivity index is 1.85. The number of aromatic nitrogens is 1. The minimum atomic E-state index is -0.102. The molecule has 0 aliphatic rings. The zero-order valence-electron chi connectivity index (χ0n) is 14.7. The Morgan fingerprint density at radius 3 is 2.58 bits per heavy atom. The maximum atomic E-state index is 12.9. The first-order chi connectivity index (χ1) is 12.8. The van der Waals surface area contributed by atoms with Crippen molar-refractivity contribution in [2.24, 2.45) is 4.99 Å². The fourth-order valence-corrected chi connectivity index (χ4v) is 2.87. The first-order valence-corrected chi connectivity index (χ1v) is 8.58. The second-order valence-corrected chi connectivity index (χ2v) is 5.85. The van der Waals surface area contributed by atoms with E-state index in [1.165, 1.54) is 0 Å². The molecule has 4 heteroatoms. The molecule has 1 heterocycles. The maximum absolute atomic E-state index is 12.9. The fraction of sp³-hybridized carbons (Fsp3) is 0.136. The van der Waals surface area contributed by atoms with Crippen molar-refractivity contribution in [1.29, 1.82) is 0 Å². The van der Waals surface area contributed by atoms with E-state index in [4.69, 9.17) is 0 Å². The van der Waals surface area contributed by atoms with Crippen molar-refractivity contribution in [3.8, 4) is 11.1 Å². The summed E-state index contributed by atoms with van der Waals surface area (Å²) in [4.78, 5) is 21.3. The van der Waals surface area contributed by atoms with Crippen LogP contribution >= 0.6 is 0 Å². The van der Waals surface area contributed by atoms with Gasteiger partial charge in [-0.15, -0.1) is 0 Å². The summed E-state index contributed by atoms with van der Waals surface area (Å²) in [5.74, 6) is -0.102. The summed E-state index contributed by atoms with van der Waals surface area (Å²) in [6, 6.07) is 21.5. The Morgan fingerprint density at radius 2 is 1.85 bits per heavy atom. The Kier molecular flexibility index (Phi) is 5.88. The van der Waals surface area contributed by atoms with Gasteiger partial charge in [-0.3, -0.25) is 14.8 Å². The number of hydrogen-bond donors (Lipinski definition) is 1. The van der Waals surface area contributed by atoms with Crippen molar-refractivity contribution in [2.75, 3.05) is 13.6 Å². The molecule has 1 aromatic heterocycles. The van der Waals surface area contributed by atoms with Gasteiger partial charge >= 0.3 is 0 Å². The third kappa shape index (κ3) is 4.22. The van der Waals surface area contributed by atoms with Gasteiger partial charge in [-0.2, -0.15) is 0 Å². The van der Waals surface area contributed by atoms with Crippen LogP contribution < -0.4 is 5.32 Å². The Morgan fingerprint density at radius 1 is 1.04 bits per heavy atom. The molecule has 4 nitrogen and oxygen atoms in total. The number of nitrogens with zero attached hydrogens (tertiary/aromatic N) is 2. The number of hydrogen-bond acceptors (Lipinski definition) is 3. The van der Waals surface area contributed by atoms with Crippen LogP contribution in [0.15, 0.2) is 77.9 Å². The Labute approximate surface area is 153 Å². The number of rotatable bonds is 6. The molecule has 0 saturated heterocycles. The van der Waals surface area contributed by atoms with Gasteiger partial charge in [0.05, 0.1) is 5.56 Å². The molecule has 0 aliphatic carbocycles. The summed E-state index contributed by atoms with van der Waals surface area (Å²) in [7, 11) is 1.71. The molecule has 130 valence electrons. The van der Waals surface area contributed by atoms with Crippen LogP contribution in [-0.4, -0.2) is 30.7 Å². The van der Waals surface area contributed by atoms with E-state index in [1.807, 2.05) is 66.7 Å². The monoisotopic (exact) mass is 343 g/mol. The molecule has 2 aromatic carbocycles. The lowest BCUT2D eigenvalue weighted by molar-refractivity contribution is 0.0954. The predicted octanol–water partition coefficient (Wildman–Crippen LogP) is 3.77. The van der Waals surface area contributed by atoms with Gasteiger partial charge in [0, 0.05) is 43.7 Å². The molecule has 0 unspecified atom stereocenters. The van der Waals surface area contributed by atoms with Gasteiger partial charge in [0.2, 0.25) is 0 Å². The predicted molar refractivity (Wildman–Crippen MR) is 106 cm³/mol. The molecule has 0 saturated carbocycles. The minimum Gasteiger partial charge on any atom is -0.352 e. The lowest BCUT2D eigenvalue weighted by Crippen LogP contribution is -2.27. The number of amides is 1. The normalized spacial score (nSPS) is 10.8. The van der Waals surface area contributed by atoms with Crippen molar-refractivity contribution < 1.29 is 4.79 Å². The summed E-state index contributed by atoms with van der Waals surface area (Å²) in [5.41, 5.74) is 4.32. The largest absolute Gasteiger partial charge is 0.352 e. The molecule has 0 bridgehead atoms. The van der Waals surface area contributed by atoms with Gasteiger partial charge in [0.1, 0.15) is 0 Å². The van der Waals surface area contributed by atoms with Crippen molar-refractivity contribution in [1.82, 2.24) is 10.3 Å². The molecule has 0 radical (unpaired) electrons. The van der Waals surface area contributed by atoms with E-state index < -0.39 is 0 Å². The van der Waals surface area contributed by atoms with Gasteiger partial charge in [-0.25, -0.2) is 0 Å². The molecule has 0 spiro atoms. The highest BCUT2D eigenvalue weighted by Gasteiger charge is 2.16. The standard InChI is InChI=1S/C22H21N3O/c1-23-16-18-10-7-12-20(17-8-3-2-4-9-17)21(18)22(26)25-15-13-19-11-5-6-14-24-19/h2-12,14,16H,13,15H2,1H3,(H,25,26). The van der Waals surface area contributed by atoms with Crippen LogP contribution in [0.5, 0.6) is 0 Å². The van der Waals surface area contributed by atoms with Crippen molar-refractivity contribution in [2.45, 2.75) is 6.42 Å². The second-order valence-electron chi connectivity index (χ2n) is 5.85. The fourth-order valence-electron chi connectivity index (χ4n) is 2.87. The summed E-state index contributed by atoms with van der Waals surface area (Å²) < 4.78 is 0. The number of nitrogens with one attached hydrogen (secondary N) is 1. The van der Waals surface area contributed by atoms with Crippen LogP contribution in [0.3, 0.4) is 0 Å². The summed E-state index contributed by atoms with van der Waals surface area (Å²) in [5, 5.41) is 3.02. The molecule has 3 rings (SSSR count). The van der Waals surface area contributed by atoms with E-state index >= 15 is 0 Å². The van der Waals surface area contributed by atoms with Gasteiger partial charge < -0.3 is 5.32 Å². The maximum Gasteiger partial charge on any atom is 0.252 e. The molecule has 1 N–H and O–H groups in total. The van der Waals surface area contributed by atoms with Gasteiger partial charge in [-0.05, 0) is 23.3 Å². The van der Waals surface area contributed by atoms with Crippen molar-refractivity contribution in [3.05, 3.63) is 89.7 Å². The molecule has 0 fully saturated rings. The molecular weight excluding hydrogens is 322 g/mol. The minimum absolute atomic E-state index is 0.102. The lowest BCUT2D eigenvalue weighted by Gasteiger charge is -2.13. The summed E-state index contributed by atoms with van der Waals surface area (Å²) in [6.45, 7) is 0.529. The SMILES string of the molecule is CN=Cc1cccc(-c2ccccc2)c1C(=O)NCCc1ccccn1. The molecule has 1 amide bonds. The zero-order valence-corrected chi connectivity index (χ0v) is 14.7. The van der Waals surface area contributed by atoms with Gasteiger partial charge in [0.15, 0.2) is 0 Å². The van der Waals surface area contributed by atoms with Crippen LogP contribution in [0.25, 0.3) is 11.1 Å². The quantitative estimate of drug-likeness (QED) is 0.693. The van der Waals surface area contributed by atoms with Gasteiger partial charge in [-0.1, -0.05) is 54.6 Å². The highest BCUT2D eigenvalue weighted by atomic mass is 16.1. The van der Waals surface area contributed by atoms with Gasteiger partial charge in [0.25, 0.3) is 5.91 Å². The smallest absolute Gasteiger partial charge is 0.252 e. The van der Waals surface area contributed by atoms with E-state index in [0.29, 0.717) is 18.5 Å².